The highest BCUT2D eigenvalue weighted by molar-refractivity contribution is 6.28. The molecule has 0 saturated carbocycles. The van der Waals surface area contributed by atoms with Crippen LogP contribution in [-0.4, -0.2) is 44.3 Å². The third-order valence-corrected chi connectivity index (χ3v) is 2.39. The highest BCUT2D eigenvalue weighted by atomic mass is 35.5. The molecular formula is C12H16ClN5O2. The topological polar surface area (TPSA) is 75.0 Å². The molecule has 2 aromatic rings. The van der Waals surface area contributed by atoms with Crippen molar-refractivity contribution in [3.8, 4) is 12.0 Å². The summed E-state index contributed by atoms with van der Waals surface area (Å²) in [5, 5.41) is 0.0711. The van der Waals surface area contributed by atoms with E-state index in [4.69, 9.17) is 21.1 Å². The second kappa shape index (κ2) is 7.16. The molecule has 108 valence electrons. The quantitative estimate of drug-likeness (QED) is 0.725. The van der Waals surface area contributed by atoms with E-state index in [9.17, 15) is 0 Å². The van der Waals surface area contributed by atoms with E-state index >= 15 is 0 Å². The van der Waals surface area contributed by atoms with Crippen molar-refractivity contribution < 1.29 is 9.47 Å². The van der Waals surface area contributed by atoms with Gasteiger partial charge in [-0.05, 0) is 17.5 Å². The van der Waals surface area contributed by atoms with Crippen LogP contribution in [0.2, 0.25) is 5.28 Å². The van der Waals surface area contributed by atoms with E-state index in [1.807, 2.05) is 0 Å². The summed E-state index contributed by atoms with van der Waals surface area (Å²) < 4.78 is 12.4. The molecule has 0 saturated heterocycles. The first kappa shape index (κ1) is 14.7. The van der Waals surface area contributed by atoms with E-state index in [0.29, 0.717) is 31.7 Å². The van der Waals surface area contributed by atoms with Gasteiger partial charge in [0.05, 0.1) is 6.61 Å². The maximum atomic E-state index is 5.84. The second-order valence-corrected chi connectivity index (χ2v) is 4.81. The monoisotopic (exact) mass is 297 g/mol. The van der Waals surface area contributed by atoms with Crippen LogP contribution in [0, 0.1) is 5.92 Å². The Bertz CT molecular complexity index is 533. The van der Waals surface area contributed by atoms with Gasteiger partial charge in [-0.25, -0.2) is 4.98 Å². The average Bonchev–Trinajstić information content (AvgIpc) is 2.91. The zero-order valence-corrected chi connectivity index (χ0v) is 12.1. The molecule has 0 aliphatic rings. The molecule has 0 radical (unpaired) electrons. The number of hydrogen-bond donors (Lipinski definition) is 0. The van der Waals surface area contributed by atoms with Gasteiger partial charge >= 0.3 is 6.01 Å². The summed E-state index contributed by atoms with van der Waals surface area (Å²) in [5.74, 6) is 0.857. The van der Waals surface area contributed by atoms with Crippen LogP contribution in [-0.2, 0) is 4.74 Å². The van der Waals surface area contributed by atoms with Crippen LogP contribution < -0.4 is 4.74 Å². The summed E-state index contributed by atoms with van der Waals surface area (Å²) >= 11 is 5.84. The normalized spacial score (nSPS) is 11.0. The Morgan fingerprint density at radius 2 is 2.10 bits per heavy atom. The Kier molecular flexibility index (Phi) is 5.25. The first-order valence-electron chi connectivity index (χ1n) is 6.25. The van der Waals surface area contributed by atoms with Crippen molar-refractivity contribution in [2.45, 2.75) is 13.8 Å². The third kappa shape index (κ3) is 4.43. The highest BCUT2D eigenvalue weighted by Gasteiger charge is 2.07. The molecule has 0 amide bonds. The number of imidazole rings is 1. The molecule has 0 aromatic carbocycles. The molecule has 0 atom stereocenters. The fourth-order valence-corrected chi connectivity index (χ4v) is 1.54. The average molecular weight is 298 g/mol. The van der Waals surface area contributed by atoms with Gasteiger partial charge in [0, 0.05) is 19.0 Å². The molecule has 0 N–H and O–H groups in total. The van der Waals surface area contributed by atoms with Gasteiger partial charge in [-0.2, -0.15) is 15.0 Å². The predicted molar refractivity (Wildman–Crippen MR) is 73.1 cm³/mol. The lowest BCUT2D eigenvalue weighted by molar-refractivity contribution is 0.0791. The van der Waals surface area contributed by atoms with Crippen LogP contribution in [0.5, 0.6) is 6.01 Å². The van der Waals surface area contributed by atoms with Gasteiger partial charge in [-0.15, -0.1) is 0 Å². The minimum Gasteiger partial charge on any atom is -0.461 e. The van der Waals surface area contributed by atoms with E-state index in [-0.39, 0.29) is 11.3 Å². The van der Waals surface area contributed by atoms with Crippen LogP contribution in [0.25, 0.3) is 5.95 Å². The van der Waals surface area contributed by atoms with Crippen molar-refractivity contribution in [1.29, 1.82) is 0 Å². The highest BCUT2D eigenvalue weighted by Crippen LogP contribution is 2.11. The standard InChI is InChI=1S/C12H16ClN5O2/c1-9(2)7-19-5-6-20-12-16-10(13)15-11(17-12)18-4-3-14-8-18/h3-4,8-9H,5-7H2,1-2H3. The van der Waals surface area contributed by atoms with Crippen molar-refractivity contribution in [3.63, 3.8) is 0 Å². The summed E-state index contributed by atoms with van der Waals surface area (Å²) in [4.78, 5) is 16.0. The van der Waals surface area contributed by atoms with Crippen molar-refractivity contribution >= 4 is 11.6 Å². The minimum absolute atomic E-state index is 0.0711. The number of ether oxygens (including phenoxy) is 2. The van der Waals surface area contributed by atoms with Crippen LogP contribution in [0.15, 0.2) is 18.7 Å². The lowest BCUT2D eigenvalue weighted by Crippen LogP contribution is -2.12. The maximum Gasteiger partial charge on any atom is 0.322 e. The summed E-state index contributed by atoms with van der Waals surface area (Å²) in [7, 11) is 0. The molecule has 0 spiro atoms. The van der Waals surface area contributed by atoms with Crippen LogP contribution in [0.1, 0.15) is 13.8 Å². The fraction of sp³-hybridized carbons (Fsp3) is 0.500. The number of halogens is 1. The van der Waals surface area contributed by atoms with Gasteiger partial charge < -0.3 is 9.47 Å². The summed E-state index contributed by atoms with van der Waals surface area (Å²) in [6.45, 7) is 5.70. The molecular weight excluding hydrogens is 282 g/mol. The smallest absolute Gasteiger partial charge is 0.322 e. The van der Waals surface area contributed by atoms with Gasteiger partial charge in [0.2, 0.25) is 11.2 Å². The van der Waals surface area contributed by atoms with E-state index in [1.165, 1.54) is 0 Å². The molecule has 2 heterocycles. The van der Waals surface area contributed by atoms with Crippen molar-refractivity contribution in [2.24, 2.45) is 5.92 Å². The molecule has 0 aliphatic heterocycles. The van der Waals surface area contributed by atoms with Crippen LogP contribution in [0.3, 0.4) is 0 Å². The summed E-state index contributed by atoms with van der Waals surface area (Å²) in [6, 6.07) is 0.168. The van der Waals surface area contributed by atoms with Crippen LogP contribution >= 0.6 is 11.6 Å². The molecule has 7 nitrogen and oxygen atoms in total. The van der Waals surface area contributed by atoms with Crippen molar-refractivity contribution in [1.82, 2.24) is 24.5 Å². The number of nitrogens with zero attached hydrogens (tertiary/aromatic N) is 5. The van der Waals surface area contributed by atoms with E-state index in [2.05, 4.69) is 33.8 Å². The summed E-state index contributed by atoms with van der Waals surface area (Å²) in [5.41, 5.74) is 0. The lowest BCUT2D eigenvalue weighted by Gasteiger charge is -2.08. The number of aromatic nitrogens is 5. The van der Waals surface area contributed by atoms with Gasteiger partial charge in [-0.1, -0.05) is 13.8 Å². The first-order valence-corrected chi connectivity index (χ1v) is 6.63. The zero-order chi connectivity index (χ0) is 14.4. The van der Waals surface area contributed by atoms with Crippen LogP contribution in [0.4, 0.5) is 0 Å². The number of rotatable bonds is 7. The van der Waals surface area contributed by atoms with E-state index < -0.39 is 0 Å². The third-order valence-electron chi connectivity index (χ3n) is 2.22. The van der Waals surface area contributed by atoms with Crippen molar-refractivity contribution in [2.75, 3.05) is 19.8 Å². The zero-order valence-electron chi connectivity index (χ0n) is 11.4. The van der Waals surface area contributed by atoms with E-state index in [0.717, 1.165) is 0 Å². The lowest BCUT2D eigenvalue weighted by atomic mass is 10.2. The fourth-order valence-electron chi connectivity index (χ4n) is 1.39. The maximum absolute atomic E-state index is 5.84. The number of hydrogen-bond acceptors (Lipinski definition) is 6. The molecule has 2 aromatic heterocycles. The van der Waals surface area contributed by atoms with Gasteiger partial charge in [-0.3, -0.25) is 4.57 Å². The molecule has 2 rings (SSSR count). The molecule has 0 aliphatic carbocycles. The molecule has 8 heteroatoms. The largest absolute Gasteiger partial charge is 0.461 e. The van der Waals surface area contributed by atoms with Gasteiger partial charge in [0.15, 0.2) is 0 Å². The molecule has 0 fully saturated rings. The van der Waals surface area contributed by atoms with Gasteiger partial charge in [0.1, 0.15) is 12.9 Å². The Hall–Kier alpha value is -1.73. The molecule has 20 heavy (non-hydrogen) atoms. The Labute approximate surface area is 122 Å². The minimum atomic E-state index is 0.0711. The SMILES string of the molecule is CC(C)COCCOc1nc(Cl)nc(-n2ccnc2)n1. The first-order chi connectivity index (χ1) is 9.65. The summed E-state index contributed by atoms with van der Waals surface area (Å²) in [6.07, 6.45) is 4.90. The van der Waals surface area contributed by atoms with Gasteiger partial charge in [0.25, 0.3) is 0 Å². The Morgan fingerprint density at radius 3 is 2.80 bits per heavy atom. The Balaban J connectivity index is 1.92. The predicted octanol–water partition coefficient (Wildman–Crippen LogP) is 1.76. The Morgan fingerprint density at radius 1 is 1.25 bits per heavy atom. The molecule has 0 unspecified atom stereocenters. The van der Waals surface area contributed by atoms with E-state index in [1.54, 1.807) is 23.3 Å². The molecule has 0 bridgehead atoms. The second-order valence-electron chi connectivity index (χ2n) is 4.47. The van der Waals surface area contributed by atoms with Crippen molar-refractivity contribution in [3.05, 3.63) is 24.0 Å².